The number of rotatable bonds is 16. The van der Waals surface area contributed by atoms with Gasteiger partial charge in [0.05, 0.1) is 18.0 Å². The Bertz CT molecular complexity index is 574. The van der Waals surface area contributed by atoms with E-state index in [0.29, 0.717) is 23.8 Å². The Morgan fingerprint density at radius 1 is 0.794 bits per heavy atom. The van der Waals surface area contributed by atoms with Gasteiger partial charge < -0.3 is 10.6 Å². The van der Waals surface area contributed by atoms with Gasteiger partial charge in [0.25, 0.3) is 0 Å². The summed E-state index contributed by atoms with van der Waals surface area (Å²) in [6.07, 6.45) is 27.3. The lowest BCUT2D eigenvalue weighted by Crippen LogP contribution is -3.02. The Kier molecular flexibility index (Phi) is 12.4. The molecule has 1 heterocycles. The zero-order valence-electron chi connectivity index (χ0n) is 23.2. The fraction of sp³-hybridized carbons (Fsp3) is 0.968. The van der Waals surface area contributed by atoms with Gasteiger partial charge in [-0.2, -0.15) is 0 Å². The van der Waals surface area contributed by atoms with E-state index in [1.165, 1.54) is 122 Å². The number of hydrogen-bond acceptors (Lipinski definition) is 2. The Morgan fingerprint density at radius 2 is 1.35 bits per heavy atom. The van der Waals surface area contributed by atoms with Crippen molar-refractivity contribution in [3.63, 3.8) is 0 Å². The van der Waals surface area contributed by atoms with Crippen LogP contribution >= 0.6 is 0 Å². The number of nitrogens with one attached hydrogen (secondary N) is 1. The first-order valence-electron chi connectivity index (χ1n) is 15.6. The second-order valence-corrected chi connectivity index (χ2v) is 13.1. The molecular formula is C31H59N2O+. The topological polar surface area (TPSA) is 45.7 Å². The maximum Gasteiger partial charge on any atom is 0.144 e. The molecule has 0 spiro atoms. The number of quaternary nitrogens is 1. The van der Waals surface area contributed by atoms with Gasteiger partial charge in [-0.15, -0.1) is 0 Å². The van der Waals surface area contributed by atoms with Gasteiger partial charge in [0.2, 0.25) is 0 Å². The third kappa shape index (κ3) is 8.91. The van der Waals surface area contributed by atoms with Crippen LogP contribution in [0.4, 0.5) is 0 Å². The molecule has 2 saturated carbocycles. The van der Waals surface area contributed by atoms with E-state index in [1.807, 2.05) is 0 Å². The third-order valence-corrected chi connectivity index (χ3v) is 9.40. The van der Waals surface area contributed by atoms with Gasteiger partial charge >= 0.3 is 0 Å². The van der Waals surface area contributed by atoms with Crippen molar-refractivity contribution >= 4 is 5.78 Å². The minimum atomic E-state index is 0.190. The molecule has 5 unspecified atom stereocenters. The van der Waals surface area contributed by atoms with Crippen LogP contribution in [0.15, 0.2) is 0 Å². The van der Waals surface area contributed by atoms with E-state index < -0.39 is 0 Å². The number of Topliss-reactive ketones (excluding diaryl/α,β-unsaturated/α-hetero) is 1. The lowest BCUT2D eigenvalue weighted by atomic mass is 9.61. The zero-order valence-corrected chi connectivity index (χ0v) is 23.2. The molecule has 0 aromatic heterocycles. The summed E-state index contributed by atoms with van der Waals surface area (Å²) in [6.45, 7) is 8.02. The predicted molar refractivity (Wildman–Crippen MR) is 145 cm³/mol. The summed E-state index contributed by atoms with van der Waals surface area (Å²) >= 11 is 0. The molecule has 3 nitrogen and oxygen atoms in total. The minimum Gasteiger partial charge on any atom is -0.340 e. The summed E-state index contributed by atoms with van der Waals surface area (Å²) in [6, 6.07) is 1.72. The number of nitrogens with two attached hydrogens (primary N) is 1. The van der Waals surface area contributed by atoms with Crippen molar-refractivity contribution in [1.82, 2.24) is 5.32 Å². The monoisotopic (exact) mass is 475 g/mol. The molecule has 0 radical (unpaired) electrons. The molecule has 0 bridgehead atoms. The minimum absolute atomic E-state index is 0.190. The van der Waals surface area contributed by atoms with Crippen LogP contribution < -0.4 is 10.6 Å². The van der Waals surface area contributed by atoms with Gasteiger partial charge in [0.15, 0.2) is 0 Å². The molecule has 3 fully saturated rings. The zero-order chi connectivity index (χ0) is 24.2. The normalized spacial score (nSPS) is 30.7. The van der Waals surface area contributed by atoms with Crippen molar-refractivity contribution in [2.45, 2.75) is 167 Å². The molecule has 1 saturated heterocycles. The molecule has 5 atom stereocenters. The van der Waals surface area contributed by atoms with Crippen molar-refractivity contribution in [1.29, 1.82) is 0 Å². The highest BCUT2D eigenvalue weighted by atomic mass is 16.1. The molecule has 198 valence electrons. The summed E-state index contributed by atoms with van der Waals surface area (Å²) in [4.78, 5) is 13.2. The molecule has 3 N–H and O–H groups in total. The van der Waals surface area contributed by atoms with Crippen molar-refractivity contribution in [3.8, 4) is 0 Å². The predicted octanol–water partition coefficient (Wildman–Crippen LogP) is 6.94. The van der Waals surface area contributed by atoms with Gasteiger partial charge in [0, 0.05) is 24.8 Å². The largest absolute Gasteiger partial charge is 0.340 e. The van der Waals surface area contributed by atoms with E-state index in [0.717, 1.165) is 19.0 Å². The van der Waals surface area contributed by atoms with Crippen LogP contribution in [-0.2, 0) is 4.79 Å². The second-order valence-electron chi connectivity index (χ2n) is 13.1. The first-order chi connectivity index (χ1) is 16.5. The fourth-order valence-corrected chi connectivity index (χ4v) is 7.64. The van der Waals surface area contributed by atoms with Crippen LogP contribution in [0.3, 0.4) is 0 Å². The first kappa shape index (κ1) is 28.2. The standard InChI is InChI=1S/C31H58N2O/c1-4-5-6-7-8-9-10-11-12-13-14-15-16-19-22-32-30-25-20-17-18-21-26(25)33-27-23-31(2,3)24-28(34)29(27)30/h25-27,29-30,32-33H,4-24H2,1-3H3/p+1. The van der Waals surface area contributed by atoms with Gasteiger partial charge in [0.1, 0.15) is 5.78 Å². The highest BCUT2D eigenvalue weighted by Crippen LogP contribution is 2.41. The second kappa shape index (κ2) is 15.0. The van der Waals surface area contributed by atoms with Gasteiger partial charge in [-0.3, -0.25) is 4.79 Å². The Balaban J connectivity index is 1.27. The number of hydrogen-bond donors (Lipinski definition) is 2. The molecule has 2 aliphatic carbocycles. The van der Waals surface area contributed by atoms with Crippen molar-refractivity contribution in [2.24, 2.45) is 17.3 Å². The van der Waals surface area contributed by atoms with Crippen LogP contribution in [-0.4, -0.2) is 30.5 Å². The summed E-state index contributed by atoms with van der Waals surface area (Å²) < 4.78 is 0. The van der Waals surface area contributed by atoms with E-state index in [9.17, 15) is 4.79 Å². The summed E-state index contributed by atoms with van der Waals surface area (Å²) in [5, 5.41) is 6.63. The van der Waals surface area contributed by atoms with E-state index >= 15 is 0 Å². The van der Waals surface area contributed by atoms with Crippen LogP contribution in [0.2, 0.25) is 0 Å². The summed E-state index contributed by atoms with van der Waals surface area (Å²) in [5.41, 5.74) is 0.190. The van der Waals surface area contributed by atoms with Crippen molar-refractivity contribution in [2.75, 3.05) is 6.54 Å². The molecule has 3 rings (SSSR count). The average Bonchev–Trinajstić information content (AvgIpc) is 2.80. The molecule has 0 amide bonds. The molecule has 34 heavy (non-hydrogen) atoms. The Hall–Kier alpha value is -0.410. The van der Waals surface area contributed by atoms with Gasteiger partial charge in [-0.25, -0.2) is 0 Å². The maximum absolute atomic E-state index is 13.2. The molecule has 3 aliphatic rings. The molecule has 1 aliphatic heterocycles. The summed E-state index contributed by atoms with van der Waals surface area (Å²) in [7, 11) is 0. The molecule has 0 aromatic carbocycles. The number of ketones is 1. The number of fused-ring (bicyclic) bond motifs is 2. The number of piperidine rings is 1. The number of carbonyl (C=O) groups excluding carboxylic acids is 1. The number of carbonyl (C=O) groups is 1. The van der Waals surface area contributed by atoms with Crippen molar-refractivity contribution < 1.29 is 10.1 Å². The van der Waals surface area contributed by atoms with E-state index in [2.05, 4.69) is 31.4 Å². The smallest absolute Gasteiger partial charge is 0.144 e. The summed E-state index contributed by atoms with van der Waals surface area (Å²) in [5.74, 6) is 1.53. The van der Waals surface area contributed by atoms with E-state index in [1.54, 1.807) is 0 Å². The maximum atomic E-state index is 13.2. The van der Waals surface area contributed by atoms with Crippen LogP contribution in [0.1, 0.15) is 149 Å². The van der Waals surface area contributed by atoms with Gasteiger partial charge in [-0.1, -0.05) is 111 Å². The van der Waals surface area contributed by atoms with E-state index in [-0.39, 0.29) is 11.3 Å². The van der Waals surface area contributed by atoms with Crippen molar-refractivity contribution in [3.05, 3.63) is 0 Å². The van der Waals surface area contributed by atoms with Crippen LogP contribution in [0.5, 0.6) is 0 Å². The number of unbranched alkanes of at least 4 members (excludes halogenated alkanes) is 13. The lowest BCUT2D eigenvalue weighted by molar-refractivity contribution is -0.747. The molecule has 0 aromatic rings. The average molecular weight is 476 g/mol. The third-order valence-electron chi connectivity index (χ3n) is 9.40. The highest BCUT2D eigenvalue weighted by Gasteiger charge is 2.54. The fourth-order valence-electron chi connectivity index (χ4n) is 7.64. The Morgan fingerprint density at radius 3 is 1.97 bits per heavy atom. The Labute approximate surface area is 212 Å². The quantitative estimate of drug-likeness (QED) is 0.238. The van der Waals surface area contributed by atoms with E-state index in [4.69, 9.17) is 0 Å². The first-order valence-corrected chi connectivity index (χ1v) is 15.6. The van der Waals surface area contributed by atoms with Crippen LogP contribution in [0.25, 0.3) is 0 Å². The molecule has 3 heteroatoms. The van der Waals surface area contributed by atoms with Crippen LogP contribution in [0, 0.1) is 17.3 Å². The molecular weight excluding hydrogens is 416 g/mol. The lowest BCUT2D eigenvalue weighted by Gasteiger charge is -2.51. The van der Waals surface area contributed by atoms with Gasteiger partial charge in [-0.05, 0) is 37.6 Å². The SMILES string of the molecule is CCCCCCCCCCCCCCCCNC1C2CCCCC2[NH2+]C2CC(C)(C)CC(=O)C21. The highest BCUT2D eigenvalue weighted by molar-refractivity contribution is 5.84.